The molecule has 1 atom stereocenters. The van der Waals surface area contributed by atoms with Gasteiger partial charge in [0.25, 0.3) is 0 Å². The minimum atomic E-state index is -3.58. The van der Waals surface area contributed by atoms with E-state index in [9.17, 15) is 8.42 Å². The molecule has 6 heteroatoms. The van der Waals surface area contributed by atoms with Crippen LogP contribution in [0.25, 0.3) is 10.9 Å². The zero-order valence-electron chi connectivity index (χ0n) is 14.6. The minimum Gasteiger partial charge on any atom is -0.358 e. The molecule has 26 heavy (non-hydrogen) atoms. The van der Waals surface area contributed by atoms with Crippen LogP contribution in [0, 0.1) is 6.92 Å². The highest BCUT2D eigenvalue weighted by Crippen LogP contribution is 2.33. The van der Waals surface area contributed by atoms with E-state index in [-0.39, 0.29) is 15.8 Å². The predicted molar refractivity (Wildman–Crippen MR) is 105 cm³/mol. The highest BCUT2D eigenvalue weighted by atomic mass is 35.5. The highest BCUT2D eigenvalue weighted by Gasteiger charge is 2.32. The third-order valence-corrected chi connectivity index (χ3v) is 7.44. The number of H-pyrrole nitrogens is 1. The molecule has 1 aliphatic rings. The molecule has 0 spiro atoms. The molecule has 136 valence electrons. The molecule has 1 fully saturated rings. The number of rotatable bonds is 3. The number of nitrogens with one attached hydrogen (secondary N) is 1. The molecule has 4 nitrogen and oxygen atoms in total. The van der Waals surface area contributed by atoms with Crippen molar-refractivity contribution < 1.29 is 8.42 Å². The Bertz CT molecular complexity index is 1060. The summed E-state index contributed by atoms with van der Waals surface area (Å²) in [7, 11) is -3.58. The van der Waals surface area contributed by atoms with Gasteiger partial charge >= 0.3 is 0 Å². The van der Waals surface area contributed by atoms with Gasteiger partial charge in [-0.1, -0.05) is 35.4 Å². The molecule has 0 radical (unpaired) electrons. The first-order chi connectivity index (χ1) is 12.4. The Balaban J connectivity index is 1.63. The topological polar surface area (TPSA) is 53.2 Å². The fourth-order valence-corrected chi connectivity index (χ4v) is 5.72. The molecule has 1 unspecified atom stereocenters. The molecule has 0 aliphatic carbocycles. The molecule has 0 saturated carbocycles. The molecule has 3 aromatic rings. The lowest BCUT2D eigenvalue weighted by Gasteiger charge is -2.31. The second-order valence-electron chi connectivity index (χ2n) is 6.95. The molecule has 0 bridgehead atoms. The summed E-state index contributed by atoms with van der Waals surface area (Å²) >= 11 is 6.14. The Kier molecular flexibility index (Phi) is 4.55. The van der Waals surface area contributed by atoms with Crippen LogP contribution in [-0.4, -0.2) is 30.8 Å². The van der Waals surface area contributed by atoms with Gasteiger partial charge in [0.1, 0.15) is 4.90 Å². The van der Waals surface area contributed by atoms with Crippen LogP contribution >= 0.6 is 11.6 Å². The SMILES string of the molecule is Cc1ccc2[nH]c(C3CCCN(S(=O)(=O)c4ccccc4Cl)C3)cc2c1. The summed E-state index contributed by atoms with van der Waals surface area (Å²) < 4.78 is 27.6. The van der Waals surface area contributed by atoms with Crippen molar-refractivity contribution in [3.8, 4) is 0 Å². The Morgan fingerprint density at radius 3 is 2.77 bits per heavy atom. The number of sulfonamides is 1. The maximum absolute atomic E-state index is 13.0. The zero-order chi connectivity index (χ0) is 18.3. The van der Waals surface area contributed by atoms with Gasteiger partial charge in [-0.2, -0.15) is 4.31 Å². The van der Waals surface area contributed by atoms with Gasteiger partial charge in [-0.05, 0) is 55.5 Å². The number of hydrogen-bond donors (Lipinski definition) is 1. The number of aromatic nitrogens is 1. The first-order valence-corrected chi connectivity index (χ1v) is 10.6. The van der Waals surface area contributed by atoms with Crippen molar-refractivity contribution >= 4 is 32.5 Å². The summed E-state index contributed by atoms with van der Waals surface area (Å²) in [6.45, 7) is 3.08. The van der Waals surface area contributed by atoms with Crippen molar-refractivity contribution in [1.29, 1.82) is 0 Å². The van der Waals surface area contributed by atoms with Gasteiger partial charge in [-0.25, -0.2) is 8.42 Å². The second-order valence-corrected chi connectivity index (χ2v) is 9.26. The van der Waals surface area contributed by atoms with Gasteiger partial charge in [-0.15, -0.1) is 0 Å². The summed E-state index contributed by atoms with van der Waals surface area (Å²) in [5.41, 5.74) is 3.41. The van der Waals surface area contributed by atoms with Gasteiger partial charge in [0.05, 0.1) is 5.02 Å². The summed E-state index contributed by atoms with van der Waals surface area (Å²) in [5, 5.41) is 1.45. The van der Waals surface area contributed by atoms with E-state index in [0.29, 0.717) is 13.1 Å². The fourth-order valence-electron chi connectivity index (χ4n) is 3.70. The van der Waals surface area contributed by atoms with Crippen LogP contribution in [-0.2, 0) is 10.0 Å². The molecule has 1 aromatic heterocycles. The van der Waals surface area contributed by atoms with E-state index in [1.807, 2.05) is 0 Å². The van der Waals surface area contributed by atoms with Crippen LogP contribution < -0.4 is 0 Å². The number of benzene rings is 2. The van der Waals surface area contributed by atoms with Crippen LogP contribution in [0.5, 0.6) is 0 Å². The molecular weight excluding hydrogens is 368 g/mol. The second kappa shape index (κ2) is 6.72. The van der Waals surface area contributed by atoms with Gasteiger partial charge in [0, 0.05) is 30.2 Å². The van der Waals surface area contributed by atoms with Crippen molar-refractivity contribution in [1.82, 2.24) is 9.29 Å². The van der Waals surface area contributed by atoms with Crippen LogP contribution in [0.15, 0.2) is 53.4 Å². The highest BCUT2D eigenvalue weighted by molar-refractivity contribution is 7.89. The number of halogens is 1. The van der Waals surface area contributed by atoms with Gasteiger partial charge in [0.15, 0.2) is 0 Å². The van der Waals surface area contributed by atoms with Crippen molar-refractivity contribution in [3.05, 3.63) is 64.8 Å². The standard InChI is InChI=1S/C20H21ClN2O2S/c1-14-8-9-18-16(11-14)12-19(22-18)15-5-4-10-23(13-15)26(24,25)20-7-3-2-6-17(20)21/h2-3,6-9,11-12,15,22H,4-5,10,13H2,1H3. The number of hydrogen-bond acceptors (Lipinski definition) is 2. The first-order valence-electron chi connectivity index (χ1n) is 8.79. The van der Waals surface area contributed by atoms with Crippen molar-refractivity contribution in [2.75, 3.05) is 13.1 Å². The monoisotopic (exact) mass is 388 g/mol. The minimum absolute atomic E-state index is 0.161. The average molecular weight is 389 g/mol. The van der Waals surface area contributed by atoms with E-state index in [2.05, 4.69) is 36.2 Å². The lowest BCUT2D eigenvalue weighted by Crippen LogP contribution is -2.39. The molecule has 2 aromatic carbocycles. The van der Waals surface area contributed by atoms with Gasteiger partial charge < -0.3 is 4.98 Å². The first kappa shape index (κ1) is 17.6. The van der Waals surface area contributed by atoms with Crippen LogP contribution in [0.1, 0.15) is 30.0 Å². The zero-order valence-corrected chi connectivity index (χ0v) is 16.1. The smallest absolute Gasteiger partial charge is 0.244 e. The van der Waals surface area contributed by atoms with Crippen LogP contribution in [0.4, 0.5) is 0 Å². The van der Waals surface area contributed by atoms with Crippen molar-refractivity contribution in [2.24, 2.45) is 0 Å². The van der Waals surface area contributed by atoms with E-state index in [1.54, 1.807) is 28.6 Å². The lowest BCUT2D eigenvalue weighted by atomic mass is 9.96. The molecule has 1 aliphatic heterocycles. The van der Waals surface area contributed by atoms with Gasteiger partial charge in [0.2, 0.25) is 10.0 Å². The van der Waals surface area contributed by atoms with E-state index >= 15 is 0 Å². The van der Waals surface area contributed by atoms with E-state index in [1.165, 1.54) is 10.9 Å². The van der Waals surface area contributed by atoms with Crippen molar-refractivity contribution in [2.45, 2.75) is 30.6 Å². The largest absolute Gasteiger partial charge is 0.358 e. The number of aromatic amines is 1. The third-order valence-electron chi connectivity index (χ3n) is 5.08. The lowest BCUT2D eigenvalue weighted by molar-refractivity contribution is 0.313. The van der Waals surface area contributed by atoms with Crippen LogP contribution in [0.2, 0.25) is 5.02 Å². The fraction of sp³-hybridized carbons (Fsp3) is 0.300. The average Bonchev–Trinajstić information content (AvgIpc) is 3.05. The van der Waals surface area contributed by atoms with Crippen molar-refractivity contribution in [3.63, 3.8) is 0 Å². The number of nitrogens with zero attached hydrogens (tertiary/aromatic N) is 1. The molecular formula is C20H21ClN2O2S. The summed E-state index contributed by atoms with van der Waals surface area (Å²) in [6, 6.07) is 15.1. The van der Waals surface area contributed by atoms with E-state index < -0.39 is 10.0 Å². The summed E-state index contributed by atoms with van der Waals surface area (Å²) in [5.74, 6) is 0.161. The molecule has 1 saturated heterocycles. The number of aryl methyl sites for hydroxylation is 1. The molecule has 0 amide bonds. The number of fused-ring (bicyclic) bond motifs is 1. The summed E-state index contributed by atoms with van der Waals surface area (Å²) in [4.78, 5) is 3.66. The Morgan fingerprint density at radius 1 is 1.15 bits per heavy atom. The molecule has 1 N–H and O–H groups in total. The quantitative estimate of drug-likeness (QED) is 0.707. The number of piperidine rings is 1. The normalized spacial score (nSPS) is 19.1. The third kappa shape index (κ3) is 3.15. The van der Waals surface area contributed by atoms with Gasteiger partial charge in [-0.3, -0.25) is 0 Å². The maximum Gasteiger partial charge on any atom is 0.244 e. The predicted octanol–water partition coefficient (Wildman–Crippen LogP) is 4.70. The maximum atomic E-state index is 13.0. The molecule has 2 heterocycles. The Labute approximate surface area is 158 Å². The summed E-state index contributed by atoms with van der Waals surface area (Å²) in [6.07, 6.45) is 1.81. The Morgan fingerprint density at radius 2 is 1.96 bits per heavy atom. The Hall–Kier alpha value is -1.82. The van der Waals surface area contributed by atoms with Crippen LogP contribution in [0.3, 0.4) is 0 Å². The van der Waals surface area contributed by atoms with E-state index in [4.69, 9.17) is 11.6 Å². The molecule has 4 rings (SSSR count). The van der Waals surface area contributed by atoms with E-state index in [0.717, 1.165) is 24.1 Å².